The summed E-state index contributed by atoms with van der Waals surface area (Å²) in [6.07, 6.45) is 2.26. The van der Waals surface area contributed by atoms with Crippen LogP contribution in [0.5, 0.6) is 0 Å². The molecule has 2 N–H and O–H groups in total. The van der Waals surface area contributed by atoms with Gasteiger partial charge in [-0.2, -0.15) is 5.26 Å². The molecule has 1 unspecified atom stereocenters. The SMILES string of the molecule is N#CCNC(=O)CNCC1CCCOC1. The second kappa shape index (κ2) is 7.21. The summed E-state index contributed by atoms with van der Waals surface area (Å²) >= 11 is 0. The zero-order valence-corrected chi connectivity index (χ0v) is 8.79. The molecule has 1 rings (SSSR count). The highest BCUT2D eigenvalue weighted by Crippen LogP contribution is 2.11. The van der Waals surface area contributed by atoms with E-state index in [1.54, 1.807) is 0 Å². The van der Waals surface area contributed by atoms with Crippen molar-refractivity contribution in [3.63, 3.8) is 0 Å². The summed E-state index contributed by atoms with van der Waals surface area (Å²) in [5.41, 5.74) is 0. The van der Waals surface area contributed by atoms with Crippen LogP contribution in [0, 0.1) is 17.2 Å². The third-order valence-corrected chi connectivity index (χ3v) is 2.34. The fraction of sp³-hybridized carbons (Fsp3) is 0.800. The monoisotopic (exact) mass is 211 g/mol. The average Bonchev–Trinajstić information content (AvgIpc) is 2.28. The number of hydrogen-bond donors (Lipinski definition) is 2. The highest BCUT2D eigenvalue weighted by molar-refractivity contribution is 5.78. The normalized spacial score (nSPS) is 20.6. The van der Waals surface area contributed by atoms with E-state index in [9.17, 15) is 4.79 Å². The quantitative estimate of drug-likeness (QED) is 0.609. The summed E-state index contributed by atoms with van der Waals surface area (Å²) in [7, 11) is 0. The number of carbonyl (C=O) groups excluding carboxylic acids is 1. The van der Waals surface area contributed by atoms with Crippen LogP contribution in [-0.2, 0) is 9.53 Å². The van der Waals surface area contributed by atoms with E-state index in [4.69, 9.17) is 10.00 Å². The molecule has 5 nitrogen and oxygen atoms in total. The maximum Gasteiger partial charge on any atom is 0.234 e. The number of rotatable bonds is 5. The van der Waals surface area contributed by atoms with Gasteiger partial charge in [0.15, 0.2) is 0 Å². The summed E-state index contributed by atoms with van der Waals surface area (Å²) in [5.74, 6) is 0.385. The molecule has 1 saturated heterocycles. The zero-order valence-electron chi connectivity index (χ0n) is 8.79. The van der Waals surface area contributed by atoms with Crippen LogP contribution in [-0.4, -0.2) is 38.8 Å². The molecule has 1 aliphatic rings. The van der Waals surface area contributed by atoms with Gasteiger partial charge in [0, 0.05) is 13.2 Å². The standard InChI is InChI=1S/C10H17N3O2/c11-3-4-13-10(14)7-12-6-9-2-1-5-15-8-9/h9,12H,1-2,4-8H2,(H,13,14). The Morgan fingerprint density at radius 3 is 3.13 bits per heavy atom. The molecule has 1 heterocycles. The van der Waals surface area contributed by atoms with Gasteiger partial charge in [-0.3, -0.25) is 4.79 Å². The van der Waals surface area contributed by atoms with Gasteiger partial charge in [-0.1, -0.05) is 0 Å². The van der Waals surface area contributed by atoms with E-state index < -0.39 is 0 Å². The van der Waals surface area contributed by atoms with Gasteiger partial charge in [0.2, 0.25) is 5.91 Å². The fourth-order valence-electron chi connectivity index (χ4n) is 1.56. The van der Waals surface area contributed by atoms with E-state index in [2.05, 4.69) is 10.6 Å². The molecule has 1 aliphatic heterocycles. The van der Waals surface area contributed by atoms with Crippen molar-refractivity contribution >= 4 is 5.91 Å². The van der Waals surface area contributed by atoms with E-state index in [1.807, 2.05) is 6.07 Å². The van der Waals surface area contributed by atoms with Crippen LogP contribution in [0.2, 0.25) is 0 Å². The van der Waals surface area contributed by atoms with Crippen LogP contribution in [0.25, 0.3) is 0 Å². The Kier molecular flexibility index (Phi) is 5.74. The zero-order chi connectivity index (χ0) is 10.9. The van der Waals surface area contributed by atoms with Crippen molar-refractivity contribution in [1.29, 1.82) is 5.26 Å². The van der Waals surface area contributed by atoms with Crippen molar-refractivity contribution in [3.05, 3.63) is 0 Å². The number of hydrogen-bond acceptors (Lipinski definition) is 4. The van der Waals surface area contributed by atoms with Crippen LogP contribution in [0.15, 0.2) is 0 Å². The van der Waals surface area contributed by atoms with Gasteiger partial charge in [-0.25, -0.2) is 0 Å². The van der Waals surface area contributed by atoms with Gasteiger partial charge in [-0.05, 0) is 18.8 Å². The summed E-state index contributed by atoms with van der Waals surface area (Å²) < 4.78 is 5.32. The maximum atomic E-state index is 11.1. The predicted octanol–water partition coefficient (Wildman–Crippen LogP) is -0.358. The van der Waals surface area contributed by atoms with Crippen molar-refractivity contribution in [2.24, 2.45) is 5.92 Å². The van der Waals surface area contributed by atoms with E-state index >= 15 is 0 Å². The molecule has 0 saturated carbocycles. The molecule has 0 aromatic rings. The molecular weight excluding hydrogens is 194 g/mol. The molecule has 1 amide bonds. The molecule has 0 aliphatic carbocycles. The molecule has 15 heavy (non-hydrogen) atoms. The molecule has 1 atom stereocenters. The Morgan fingerprint density at radius 2 is 2.47 bits per heavy atom. The van der Waals surface area contributed by atoms with Gasteiger partial charge in [0.05, 0.1) is 19.2 Å². The molecule has 5 heteroatoms. The Labute approximate surface area is 89.8 Å². The highest BCUT2D eigenvalue weighted by atomic mass is 16.5. The van der Waals surface area contributed by atoms with Crippen LogP contribution in [0.1, 0.15) is 12.8 Å². The molecule has 0 aromatic heterocycles. The van der Waals surface area contributed by atoms with Gasteiger partial charge < -0.3 is 15.4 Å². The van der Waals surface area contributed by atoms with Crippen LogP contribution in [0.3, 0.4) is 0 Å². The number of nitriles is 1. The minimum atomic E-state index is -0.131. The van der Waals surface area contributed by atoms with Gasteiger partial charge in [0.25, 0.3) is 0 Å². The van der Waals surface area contributed by atoms with Crippen molar-refractivity contribution in [3.8, 4) is 6.07 Å². The summed E-state index contributed by atoms with van der Waals surface area (Å²) in [4.78, 5) is 11.1. The van der Waals surface area contributed by atoms with Crippen molar-refractivity contribution in [1.82, 2.24) is 10.6 Å². The third-order valence-electron chi connectivity index (χ3n) is 2.34. The number of nitrogens with zero attached hydrogens (tertiary/aromatic N) is 1. The molecule has 0 spiro atoms. The second-order valence-electron chi connectivity index (χ2n) is 3.65. The van der Waals surface area contributed by atoms with Crippen molar-refractivity contribution < 1.29 is 9.53 Å². The van der Waals surface area contributed by atoms with Gasteiger partial charge in [0.1, 0.15) is 6.54 Å². The van der Waals surface area contributed by atoms with Crippen molar-refractivity contribution in [2.45, 2.75) is 12.8 Å². The second-order valence-corrected chi connectivity index (χ2v) is 3.65. The molecule has 1 fully saturated rings. The third kappa shape index (κ3) is 5.35. The average molecular weight is 211 g/mol. The number of ether oxygens (including phenoxy) is 1. The fourth-order valence-corrected chi connectivity index (χ4v) is 1.56. The maximum absolute atomic E-state index is 11.1. The lowest BCUT2D eigenvalue weighted by molar-refractivity contribution is -0.120. The van der Waals surface area contributed by atoms with Crippen LogP contribution >= 0.6 is 0 Å². The lowest BCUT2D eigenvalue weighted by atomic mass is 10.0. The topological polar surface area (TPSA) is 74.2 Å². The first-order valence-electron chi connectivity index (χ1n) is 5.25. The lowest BCUT2D eigenvalue weighted by Gasteiger charge is -2.22. The van der Waals surface area contributed by atoms with Crippen molar-refractivity contribution in [2.75, 3.05) is 32.8 Å². The van der Waals surface area contributed by atoms with E-state index in [0.29, 0.717) is 5.92 Å². The van der Waals surface area contributed by atoms with E-state index in [1.165, 1.54) is 0 Å². The first-order chi connectivity index (χ1) is 7.33. The lowest BCUT2D eigenvalue weighted by Crippen LogP contribution is -2.37. The molecule has 0 bridgehead atoms. The van der Waals surface area contributed by atoms with E-state index in [-0.39, 0.29) is 19.0 Å². The summed E-state index contributed by atoms with van der Waals surface area (Å²) in [6, 6.07) is 1.86. The first-order valence-corrected chi connectivity index (χ1v) is 5.25. The minimum absolute atomic E-state index is 0.0764. The molecule has 84 valence electrons. The van der Waals surface area contributed by atoms with Crippen LogP contribution in [0.4, 0.5) is 0 Å². The van der Waals surface area contributed by atoms with E-state index in [0.717, 1.165) is 32.6 Å². The van der Waals surface area contributed by atoms with Crippen LogP contribution < -0.4 is 10.6 Å². The molecule has 0 radical (unpaired) electrons. The van der Waals surface area contributed by atoms with Gasteiger partial charge >= 0.3 is 0 Å². The Bertz CT molecular complexity index is 231. The Balaban J connectivity index is 2.00. The predicted molar refractivity (Wildman–Crippen MR) is 55.0 cm³/mol. The Hall–Kier alpha value is -1.12. The van der Waals surface area contributed by atoms with Gasteiger partial charge in [-0.15, -0.1) is 0 Å². The largest absolute Gasteiger partial charge is 0.381 e. The molecule has 0 aromatic carbocycles. The Morgan fingerprint density at radius 1 is 1.60 bits per heavy atom. The minimum Gasteiger partial charge on any atom is -0.381 e. The number of amides is 1. The number of carbonyl (C=O) groups is 1. The summed E-state index contributed by atoms with van der Waals surface area (Å²) in [5, 5.41) is 13.8. The summed E-state index contributed by atoms with van der Waals surface area (Å²) in [6.45, 7) is 2.80. The highest BCUT2D eigenvalue weighted by Gasteiger charge is 2.13. The first kappa shape index (κ1) is 12.0. The number of nitrogens with one attached hydrogen (secondary N) is 2. The smallest absolute Gasteiger partial charge is 0.234 e. The molecular formula is C10H17N3O2.